The van der Waals surface area contributed by atoms with Crippen LogP contribution in [0.2, 0.25) is 0 Å². The van der Waals surface area contributed by atoms with Crippen molar-refractivity contribution >= 4 is 5.95 Å². The zero-order valence-electron chi connectivity index (χ0n) is 6.58. The minimum atomic E-state index is 0.101. The molecule has 1 aromatic heterocycles. The molecule has 0 saturated carbocycles. The second-order valence-corrected chi connectivity index (χ2v) is 2.70. The number of nitrogen functional groups attached to an aromatic ring is 1. The Kier molecular flexibility index (Phi) is 1.92. The Labute approximate surface area is 69.5 Å². The molecule has 0 unspecified atom stereocenters. The first-order valence-corrected chi connectivity index (χ1v) is 3.89. The molecular weight excluding hydrogens is 158 g/mol. The molecule has 0 radical (unpaired) electrons. The summed E-state index contributed by atoms with van der Waals surface area (Å²) >= 11 is 0. The molecule has 1 aromatic rings. The van der Waals surface area contributed by atoms with Crippen molar-refractivity contribution in [3.05, 3.63) is 5.89 Å². The van der Waals surface area contributed by atoms with Gasteiger partial charge in [-0.15, -0.1) is 0 Å². The lowest BCUT2D eigenvalue weighted by molar-refractivity contribution is 0.307. The van der Waals surface area contributed by atoms with Crippen molar-refractivity contribution in [3.8, 4) is 0 Å². The average Bonchev–Trinajstić information content (AvgIpc) is 2.54. The number of anilines is 1. The minimum Gasteiger partial charge on any atom is -0.365 e. The van der Waals surface area contributed by atoms with Gasteiger partial charge in [-0.1, -0.05) is 0 Å². The van der Waals surface area contributed by atoms with E-state index in [-0.39, 0.29) is 12.0 Å². The summed E-state index contributed by atoms with van der Waals surface area (Å²) in [6.07, 6.45) is 0. The van der Waals surface area contributed by atoms with Gasteiger partial charge in [0.05, 0.1) is 6.04 Å². The molecule has 6 nitrogen and oxygen atoms in total. The molecule has 1 aliphatic heterocycles. The molecule has 1 saturated heterocycles. The predicted octanol–water partition coefficient (Wildman–Crippen LogP) is -1.11. The van der Waals surface area contributed by atoms with E-state index in [1.54, 1.807) is 0 Å². The SMILES string of the molecule is Nc1noc([C@H]2CNCCN2)n1. The molecular formula is C6H11N5O. The van der Waals surface area contributed by atoms with Crippen molar-refractivity contribution in [2.75, 3.05) is 25.4 Å². The monoisotopic (exact) mass is 169 g/mol. The Bertz CT molecular complexity index is 254. The first-order chi connectivity index (χ1) is 5.86. The summed E-state index contributed by atoms with van der Waals surface area (Å²) in [5.41, 5.74) is 5.32. The van der Waals surface area contributed by atoms with Crippen LogP contribution in [0.4, 0.5) is 5.95 Å². The van der Waals surface area contributed by atoms with Gasteiger partial charge in [0.25, 0.3) is 5.95 Å². The van der Waals surface area contributed by atoms with E-state index >= 15 is 0 Å². The molecule has 2 heterocycles. The van der Waals surface area contributed by atoms with E-state index in [9.17, 15) is 0 Å². The topological polar surface area (TPSA) is 89.0 Å². The van der Waals surface area contributed by atoms with Gasteiger partial charge >= 0.3 is 0 Å². The van der Waals surface area contributed by atoms with Crippen molar-refractivity contribution in [2.24, 2.45) is 0 Å². The van der Waals surface area contributed by atoms with Gasteiger partial charge in [0.1, 0.15) is 0 Å². The number of nitrogens with one attached hydrogen (secondary N) is 2. The summed E-state index contributed by atoms with van der Waals surface area (Å²) in [6.45, 7) is 2.69. The van der Waals surface area contributed by atoms with Crippen LogP contribution < -0.4 is 16.4 Å². The lowest BCUT2D eigenvalue weighted by Crippen LogP contribution is -2.42. The highest BCUT2D eigenvalue weighted by atomic mass is 16.5. The van der Waals surface area contributed by atoms with Gasteiger partial charge in [-0.2, -0.15) is 4.98 Å². The van der Waals surface area contributed by atoms with Gasteiger partial charge < -0.3 is 20.9 Å². The smallest absolute Gasteiger partial charge is 0.260 e. The lowest BCUT2D eigenvalue weighted by Gasteiger charge is -2.20. The molecule has 0 amide bonds. The molecule has 1 fully saturated rings. The van der Waals surface area contributed by atoms with Crippen LogP contribution in [-0.4, -0.2) is 29.8 Å². The molecule has 0 aromatic carbocycles. The molecule has 12 heavy (non-hydrogen) atoms. The maximum absolute atomic E-state index is 5.32. The van der Waals surface area contributed by atoms with Crippen LogP contribution in [-0.2, 0) is 0 Å². The fourth-order valence-corrected chi connectivity index (χ4v) is 1.22. The minimum absolute atomic E-state index is 0.101. The van der Waals surface area contributed by atoms with Crippen LogP contribution in [0, 0.1) is 0 Å². The van der Waals surface area contributed by atoms with Crippen molar-refractivity contribution in [1.29, 1.82) is 0 Å². The molecule has 4 N–H and O–H groups in total. The highest BCUT2D eigenvalue weighted by Gasteiger charge is 2.19. The van der Waals surface area contributed by atoms with Gasteiger partial charge in [0.15, 0.2) is 0 Å². The third kappa shape index (κ3) is 1.39. The second kappa shape index (κ2) is 3.08. The van der Waals surface area contributed by atoms with E-state index in [0.29, 0.717) is 5.89 Å². The summed E-state index contributed by atoms with van der Waals surface area (Å²) in [4.78, 5) is 3.93. The van der Waals surface area contributed by atoms with Crippen LogP contribution in [0.25, 0.3) is 0 Å². The lowest BCUT2D eigenvalue weighted by atomic mass is 10.2. The Balaban J connectivity index is 2.08. The highest BCUT2D eigenvalue weighted by molar-refractivity contribution is 5.12. The van der Waals surface area contributed by atoms with Gasteiger partial charge in [-0.05, 0) is 5.16 Å². The summed E-state index contributed by atoms with van der Waals surface area (Å²) in [7, 11) is 0. The van der Waals surface area contributed by atoms with Crippen LogP contribution >= 0.6 is 0 Å². The van der Waals surface area contributed by atoms with Crippen molar-refractivity contribution in [3.63, 3.8) is 0 Å². The van der Waals surface area contributed by atoms with Crippen LogP contribution in [0.15, 0.2) is 4.52 Å². The number of hydrogen-bond acceptors (Lipinski definition) is 6. The van der Waals surface area contributed by atoms with Crippen molar-refractivity contribution in [2.45, 2.75) is 6.04 Å². The summed E-state index contributed by atoms with van der Waals surface area (Å²) in [5, 5.41) is 9.96. The number of nitrogens with two attached hydrogens (primary N) is 1. The Morgan fingerprint density at radius 1 is 1.50 bits per heavy atom. The zero-order valence-corrected chi connectivity index (χ0v) is 6.58. The quantitative estimate of drug-likeness (QED) is 0.493. The van der Waals surface area contributed by atoms with Gasteiger partial charge in [0, 0.05) is 19.6 Å². The van der Waals surface area contributed by atoms with E-state index in [1.165, 1.54) is 0 Å². The molecule has 1 aliphatic rings. The zero-order chi connectivity index (χ0) is 8.39. The van der Waals surface area contributed by atoms with Crippen LogP contribution in [0.1, 0.15) is 11.9 Å². The number of piperazine rings is 1. The fourth-order valence-electron chi connectivity index (χ4n) is 1.22. The summed E-state index contributed by atoms with van der Waals surface area (Å²) < 4.78 is 4.92. The third-order valence-electron chi connectivity index (χ3n) is 1.80. The van der Waals surface area contributed by atoms with Crippen molar-refractivity contribution < 1.29 is 4.52 Å². The van der Waals surface area contributed by atoms with Gasteiger partial charge in [-0.25, -0.2) is 0 Å². The maximum atomic E-state index is 5.32. The highest BCUT2D eigenvalue weighted by Crippen LogP contribution is 2.11. The Hall–Kier alpha value is -1.14. The van der Waals surface area contributed by atoms with E-state index < -0.39 is 0 Å². The largest absolute Gasteiger partial charge is 0.365 e. The third-order valence-corrected chi connectivity index (χ3v) is 1.80. The predicted molar refractivity (Wildman–Crippen MR) is 42.3 cm³/mol. The first kappa shape index (κ1) is 7.51. The normalized spacial score (nSPS) is 24.2. The Morgan fingerprint density at radius 3 is 3.00 bits per heavy atom. The molecule has 0 bridgehead atoms. The number of hydrogen-bond donors (Lipinski definition) is 3. The van der Waals surface area contributed by atoms with E-state index in [2.05, 4.69) is 20.8 Å². The van der Waals surface area contributed by atoms with Crippen LogP contribution in [0.5, 0.6) is 0 Å². The van der Waals surface area contributed by atoms with Gasteiger partial charge in [0.2, 0.25) is 5.89 Å². The van der Waals surface area contributed by atoms with E-state index in [0.717, 1.165) is 19.6 Å². The number of aromatic nitrogens is 2. The van der Waals surface area contributed by atoms with Crippen molar-refractivity contribution in [1.82, 2.24) is 20.8 Å². The second-order valence-electron chi connectivity index (χ2n) is 2.70. The summed E-state index contributed by atoms with van der Waals surface area (Å²) in [5.74, 6) is 0.747. The fraction of sp³-hybridized carbons (Fsp3) is 0.667. The van der Waals surface area contributed by atoms with Gasteiger partial charge in [-0.3, -0.25) is 0 Å². The standard InChI is InChI=1S/C6H11N5O/c7-6-10-5(12-11-6)4-3-8-1-2-9-4/h4,8-9H,1-3H2,(H2,7,11)/t4-/m1/s1. The molecule has 6 heteroatoms. The maximum Gasteiger partial charge on any atom is 0.260 e. The molecule has 0 aliphatic carbocycles. The Morgan fingerprint density at radius 2 is 2.42 bits per heavy atom. The average molecular weight is 169 g/mol. The van der Waals surface area contributed by atoms with E-state index in [4.69, 9.17) is 10.3 Å². The molecule has 2 rings (SSSR count). The molecule has 1 atom stereocenters. The first-order valence-electron chi connectivity index (χ1n) is 3.89. The van der Waals surface area contributed by atoms with Crippen LogP contribution in [0.3, 0.4) is 0 Å². The molecule has 0 spiro atoms. The molecule has 66 valence electrons. The number of nitrogens with zero attached hydrogens (tertiary/aromatic N) is 2. The summed E-state index contributed by atoms with van der Waals surface area (Å²) in [6, 6.07) is 0.101. The number of rotatable bonds is 1. The van der Waals surface area contributed by atoms with E-state index in [1.807, 2.05) is 0 Å².